The summed E-state index contributed by atoms with van der Waals surface area (Å²) in [4.78, 5) is 13.6. The second kappa shape index (κ2) is 10.3. The third-order valence-electron chi connectivity index (χ3n) is 4.43. The fourth-order valence-electron chi connectivity index (χ4n) is 3.00. The third-order valence-corrected chi connectivity index (χ3v) is 4.68. The van der Waals surface area contributed by atoms with E-state index in [9.17, 15) is 9.90 Å². The lowest BCUT2D eigenvalue weighted by atomic mass is 10.1. The molecule has 0 spiro atoms. The summed E-state index contributed by atoms with van der Waals surface area (Å²) in [6, 6.07) is 18.3. The number of ether oxygens (including phenoxy) is 1. The smallest absolute Gasteiger partial charge is 0.159 e. The van der Waals surface area contributed by atoms with E-state index in [0.717, 1.165) is 11.3 Å². The number of carbonyl (C=O) groups is 1. The van der Waals surface area contributed by atoms with Crippen molar-refractivity contribution in [1.29, 1.82) is 0 Å². The molecule has 29 heavy (non-hydrogen) atoms. The minimum atomic E-state index is -0.710. The van der Waals surface area contributed by atoms with Gasteiger partial charge >= 0.3 is 0 Å². The molecule has 0 aliphatic heterocycles. The quantitative estimate of drug-likeness (QED) is 0.493. The summed E-state index contributed by atoms with van der Waals surface area (Å²) in [5, 5.41) is 11.2. The molecule has 0 saturated carbocycles. The molecule has 0 saturated heterocycles. The lowest BCUT2D eigenvalue weighted by Gasteiger charge is -2.24. The lowest BCUT2D eigenvalue weighted by Crippen LogP contribution is -2.35. The van der Waals surface area contributed by atoms with Crippen molar-refractivity contribution in [2.45, 2.75) is 26.1 Å². The van der Waals surface area contributed by atoms with Gasteiger partial charge in [0.2, 0.25) is 0 Å². The number of nitrogens with zero attached hydrogens (tertiary/aromatic N) is 1. The summed E-state index contributed by atoms with van der Waals surface area (Å²) in [7, 11) is 0. The standard InChI is InChI=1S/C23H24ClNO4/c1-17(26)19-4-2-5-22(12-19)29-16-21(27)14-25(15-23-6-3-11-28-23)13-18-7-9-20(24)10-8-18/h2-12,21,27H,13-16H2,1H3. The average Bonchev–Trinajstić information content (AvgIpc) is 3.21. The van der Waals surface area contributed by atoms with E-state index < -0.39 is 6.10 Å². The van der Waals surface area contributed by atoms with E-state index in [-0.39, 0.29) is 12.4 Å². The van der Waals surface area contributed by atoms with Crippen LogP contribution in [0.2, 0.25) is 5.02 Å². The number of hydrogen-bond donors (Lipinski definition) is 1. The summed E-state index contributed by atoms with van der Waals surface area (Å²) in [6.07, 6.45) is 0.926. The predicted octanol–water partition coefficient (Wildman–Crippen LogP) is 4.58. The van der Waals surface area contributed by atoms with E-state index in [1.165, 1.54) is 6.92 Å². The third kappa shape index (κ3) is 6.75. The molecule has 3 rings (SSSR count). The minimum absolute atomic E-state index is 0.0245. The molecule has 2 aromatic carbocycles. The first-order chi connectivity index (χ1) is 14.0. The fraction of sp³-hybridized carbons (Fsp3) is 0.261. The molecule has 0 fully saturated rings. The van der Waals surface area contributed by atoms with Gasteiger partial charge in [0.05, 0.1) is 12.8 Å². The maximum atomic E-state index is 11.5. The van der Waals surface area contributed by atoms with Gasteiger partial charge in [-0.1, -0.05) is 35.9 Å². The summed E-state index contributed by atoms with van der Waals surface area (Å²) >= 11 is 5.97. The van der Waals surface area contributed by atoms with Crippen LogP contribution in [0.4, 0.5) is 0 Å². The second-order valence-electron chi connectivity index (χ2n) is 6.92. The van der Waals surface area contributed by atoms with Gasteiger partial charge in [0.15, 0.2) is 5.78 Å². The molecule has 0 amide bonds. The van der Waals surface area contributed by atoms with E-state index in [4.69, 9.17) is 20.8 Å². The molecule has 6 heteroatoms. The van der Waals surface area contributed by atoms with Gasteiger partial charge in [0, 0.05) is 23.7 Å². The van der Waals surface area contributed by atoms with Crippen LogP contribution in [-0.4, -0.2) is 35.0 Å². The molecular formula is C23H24ClNO4. The van der Waals surface area contributed by atoms with Crippen LogP contribution in [-0.2, 0) is 13.1 Å². The Morgan fingerprint density at radius 3 is 2.62 bits per heavy atom. The number of halogens is 1. The highest BCUT2D eigenvalue weighted by Gasteiger charge is 2.15. The highest BCUT2D eigenvalue weighted by molar-refractivity contribution is 6.30. The zero-order chi connectivity index (χ0) is 20.6. The average molecular weight is 414 g/mol. The van der Waals surface area contributed by atoms with Gasteiger partial charge in [-0.25, -0.2) is 0 Å². The molecule has 0 radical (unpaired) electrons. The van der Waals surface area contributed by atoms with Crippen LogP contribution in [0.5, 0.6) is 5.75 Å². The van der Waals surface area contributed by atoms with Crippen molar-refractivity contribution >= 4 is 17.4 Å². The summed E-state index contributed by atoms with van der Waals surface area (Å²) < 4.78 is 11.2. The van der Waals surface area contributed by atoms with E-state index in [1.54, 1.807) is 30.5 Å². The monoisotopic (exact) mass is 413 g/mol. The van der Waals surface area contributed by atoms with Crippen molar-refractivity contribution in [2.75, 3.05) is 13.2 Å². The number of rotatable bonds is 10. The minimum Gasteiger partial charge on any atom is -0.491 e. The Balaban J connectivity index is 1.60. The van der Waals surface area contributed by atoms with Gasteiger partial charge in [0.1, 0.15) is 24.2 Å². The zero-order valence-corrected chi connectivity index (χ0v) is 17.0. The van der Waals surface area contributed by atoms with E-state index >= 15 is 0 Å². The van der Waals surface area contributed by atoms with Crippen LogP contribution in [0.1, 0.15) is 28.6 Å². The first-order valence-electron chi connectivity index (χ1n) is 9.40. The van der Waals surface area contributed by atoms with Gasteiger partial charge in [-0.2, -0.15) is 0 Å². The molecule has 0 aliphatic rings. The number of carbonyl (C=O) groups excluding carboxylic acids is 1. The number of furan rings is 1. The van der Waals surface area contributed by atoms with Crippen molar-refractivity contribution < 1.29 is 19.1 Å². The van der Waals surface area contributed by atoms with Crippen molar-refractivity contribution in [3.8, 4) is 5.75 Å². The van der Waals surface area contributed by atoms with Gasteiger partial charge in [-0.05, 0) is 48.9 Å². The van der Waals surface area contributed by atoms with E-state index in [2.05, 4.69) is 4.90 Å². The van der Waals surface area contributed by atoms with Crippen molar-refractivity contribution in [3.05, 3.63) is 88.8 Å². The zero-order valence-electron chi connectivity index (χ0n) is 16.3. The van der Waals surface area contributed by atoms with Crippen molar-refractivity contribution in [2.24, 2.45) is 0 Å². The number of benzene rings is 2. The van der Waals surface area contributed by atoms with E-state index in [1.807, 2.05) is 36.4 Å². The van der Waals surface area contributed by atoms with Crippen LogP contribution in [0, 0.1) is 0 Å². The number of Topliss-reactive ketones (excluding diaryl/α,β-unsaturated/α-hetero) is 1. The molecular weight excluding hydrogens is 390 g/mol. The Morgan fingerprint density at radius 2 is 1.93 bits per heavy atom. The SMILES string of the molecule is CC(=O)c1cccc(OCC(O)CN(Cc2ccc(Cl)cc2)Cc2ccco2)c1. The lowest BCUT2D eigenvalue weighted by molar-refractivity contribution is 0.0604. The summed E-state index contributed by atoms with van der Waals surface area (Å²) in [5.41, 5.74) is 1.67. The first-order valence-corrected chi connectivity index (χ1v) is 9.78. The van der Waals surface area contributed by atoms with Gasteiger partial charge in [-0.3, -0.25) is 9.69 Å². The normalized spacial score (nSPS) is 12.1. The maximum absolute atomic E-state index is 11.5. The largest absolute Gasteiger partial charge is 0.491 e. The second-order valence-corrected chi connectivity index (χ2v) is 7.36. The van der Waals surface area contributed by atoms with Gasteiger partial charge < -0.3 is 14.3 Å². The number of aliphatic hydroxyl groups excluding tert-OH is 1. The topological polar surface area (TPSA) is 62.9 Å². The van der Waals surface area contributed by atoms with Crippen LogP contribution >= 0.6 is 11.6 Å². The molecule has 0 aliphatic carbocycles. The highest BCUT2D eigenvalue weighted by Crippen LogP contribution is 2.16. The Kier molecular flexibility index (Phi) is 7.47. The molecule has 152 valence electrons. The molecule has 1 N–H and O–H groups in total. The van der Waals surface area contributed by atoms with Crippen molar-refractivity contribution in [3.63, 3.8) is 0 Å². The van der Waals surface area contributed by atoms with E-state index in [0.29, 0.717) is 36.0 Å². The maximum Gasteiger partial charge on any atom is 0.159 e. The first kappa shape index (κ1) is 21.1. The Bertz CT molecular complexity index is 909. The Labute approximate surface area is 175 Å². The number of ketones is 1. The summed E-state index contributed by atoms with van der Waals surface area (Å²) in [6.45, 7) is 3.23. The van der Waals surface area contributed by atoms with Gasteiger partial charge in [0.25, 0.3) is 0 Å². The van der Waals surface area contributed by atoms with Crippen molar-refractivity contribution in [1.82, 2.24) is 4.90 Å². The van der Waals surface area contributed by atoms with Crippen LogP contribution in [0.15, 0.2) is 71.3 Å². The molecule has 1 aromatic heterocycles. The number of hydrogen-bond acceptors (Lipinski definition) is 5. The molecule has 5 nitrogen and oxygen atoms in total. The highest BCUT2D eigenvalue weighted by atomic mass is 35.5. The van der Waals surface area contributed by atoms with Crippen LogP contribution < -0.4 is 4.74 Å². The Hall–Kier alpha value is -2.60. The Morgan fingerprint density at radius 1 is 1.14 bits per heavy atom. The molecule has 1 atom stereocenters. The van der Waals surface area contributed by atoms with Crippen LogP contribution in [0.3, 0.4) is 0 Å². The molecule has 1 unspecified atom stereocenters. The van der Waals surface area contributed by atoms with Gasteiger partial charge in [-0.15, -0.1) is 0 Å². The van der Waals surface area contributed by atoms with Crippen LogP contribution in [0.25, 0.3) is 0 Å². The molecule has 1 heterocycles. The molecule has 0 bridgehead atoms. The summed E-state index contributed by atoms with van der Waals surface area (Å²) in [5.74, 6) is 1.36. The number of aliphatic hydroxyl groups is 1. The fourth-order valence-corrected chi connectivity index (χ4v) is 3.13. The predicted molar refractivity (Wildman–Crippen MR) is 112 cm³/mol. The molecule has 3 aromatic rings.